The zero-order chi connectivity index (χ0) is 22.6. The Morgan fingerprint density at radius 3 is 2.26 bits per heavy atom. The van der Waals surface area contributed by atoms with Crippen LogP contribution < -0.4 is 4.57 Å². The van der Waals surface area contributed by atoms with Crippen LogP contribution in [0.3, 0.4) is 0 Å². The van der Waals surface area contributed by atoms with Gasteiger partial charge in [-0.15, -0.1) is 0 Å². The average Bonchev–Trinajstić information content (AvgIpc) is 2.99. The highest BCUT2D eigenvalue weighted by Crippen LogP contribution is 2.63. The lowest BCUT2D eigenvalue weighted by molar-refractivity contribution is -0.778. The fourth-order valence-electron chi connectivity index (χ4n) is 6.65. The normalized spacial score (nSPS) is 25.9. The Morgan fingerprint density at radius 1 is 0.871 bits per heavy atom. The molecule has 2 aromatic rings. The maximum Gasteiger partial charge on any atom is 0.210 e. The number of rotatable bonds is 6. The molecular weight excluding hydrogens is 374 g/mol. The van der Waals surface area contributed by atoms with Gasteiger partial charge >= 0.3 is 0 Å². The molecule has 1 nitrogen and oxygen atoms in total. The third-order valence-electron chi connectivity index (χ3n) is 9.13. The molecule has 1 heteroatoms. The highest BCUT2D eigenvalue weighted by Gasteiger charge is 2.61. The summed E-state index contributed by atoms with van der Waals surface area (Å²) < 4.78 is 2.61. The first kappa shape index (κ1) is 22.3. The van der Waals surface area contributed by atoms with Crippen LogP contribution in [0.4, 0.5) is 0 Å². The Bertz CT molecular complexity index is 1040. The Balaban J connectivity index is 2.01. The van der Waals surface area contributed by atoms with Crippen molar-refractivity contribution in [3.8, 4) is 0 Å². The third-order valence-corrected chi connectivity index (χ3v) is 9.13. The van der Waals surface area contributed by atoms with Crippen LogP contribution in [0.5, 0.6) is 0 Å². The van der Waals surface area contributed by atoms with Crippen LogP contribution in [0.25, 0.3) is 11.1 Å². The van der Waals surface area contributed by atoms with E-state index in [4.69, 9.17) is 0 Å². The summed E-state index contributed by atoms with van der Waals surface area (Å²) in [5.74, 6) is 0. The number of fused-ring (bicyclic) bond motifs is 4. The predicted molar refractivity (Wildman–Crippen MR) is 133 cm³/mol. The van der Waals surface area contributed by atoms with Crippen molar-refractivity contribution in [2.24, 2.45) is 5.41 Å². The van der Waals surface area contributed by atoms with Crippen molar-refractivity contribution in [3.05, 3.63) is 64.5 Å². The largest absolute Gasteiger partial charge is 0.210 e. The van der Waals surface area contributed by atoms with Gasteiger partial charge in [-0.2, -0.15) is 4.57 Å². The number of pyridine rings is 1. The monoisotopic (exact) mass is 416 g/mol. The van der Waals surface area contributed by atoms with Crippen molar-refractivity contribution in [3.63, 3.8) is 0 Å². The summed E-state index contributed by atoms with van der Waals surface area (Å²) in [6, 6.07) is 11.9. The van der Waals surface area contributed by atoms with Crippen LogP contribution >= 0.6 is 0 Å². The van der Waals surface area contributed by atoms with Crippen LogP contribution in [0.2, 0.25) is 0 Å². The van der Waals surface area contributed by atoms with E-state index in [1.165, 1.54) is 42.5 Å². The molecule has 2 heterocycles. The van der Waals surface area contributed by atoms with E-state index in [1.54, 1.807) is 22.3 Å². The van der Waals surface area contributed by atoms with Crippen LogP contribution in [-0.2, 0) is 17.4 Å². The first-order valence-electron chi connectivity index (χ1n) is 12.6. The first-order chi connectivity index (χ1) is 14.7. The smallest absolute Gasteiger partial charge is 0.193 e. The number of nitrogens with zero attached hydrogens (tertiary/aromatic N) is 1. The molecule has 31 heavy (non-hydrogen) atoms. The van der Waals surface area contributed by atoms with E-state index in [0.717, 1.165) is 12.8 Å². The van der Waals surface area contributed by atoms with Crippen molar-refractivity contribution in [2.75, 3.05) is 0 Å². The lowest BCUT2D eigenvalue weighted by atomic mass is 9.59. The van der Waals surface area contributed by atoms with Gasteiger partial charge in [0.2, 0.25) is 5.69 Å². The number of aromatic nitrogens is 1. The standard InChI is InChI=1S/C30H42N/c1-9-12-13-16-22-20-24-23(19-21(22)4)26-27(28(24,5)6)25-17-14-15-18-31(25)30(8,11-3)29(26,7)10-2/h14-15,17-20H,9-13,16H2,1-8H3/q+1. The maximum absolute atomic E-state index is 2.61. The van der Waals surface area contributed by atoms with Crippen molar-refractivity contribution in [2.45, 2.75) is 105 Å². The van der Waals surface area contributed by atoms with Gasteiger partial charge in [0.25, 0.3) is 0 Å². The topological polar surface area (TPSA) is 3.88 Å². The quantitative estimate of drug-likeness (QED) is 0.334. The van der Waals surface area contributed by atoms with Gasteiger partial charge in [0, 0.05) is 36.5 Å². The second kappa shape index (κ2) is 7.61. The molecule has 166 valence electrons. The van der Waals surface area contributed by atoms with E-state index >= 15 is 0 Å². The van der Waals surface area contributed by atoms with E-state index in [-0.39, 0.29) is 16.4 Å². The number of allylic oxidation sites excluding steroid dienone is 2. The summed E-state index contributed by atoms with van der Waals surface area (Å²) in [7, 11) is 0. The van der Waals surface area contributed by atoms with E-state index < -0.39 is 0 Å². The SMILES string of the molecule is CCCCCc1cc2c(cc1C)C1=C(c3cccc[n+]3C(C)(CC)C1(C)CC)C2(C)C. The van der Waals surface area contributed by atoms with Crippen molar-refractivity contribution in [1.29, 1.82) is 0 Å². The Kier molecular flexibility index (Phi) is 5.48. The molecule has 0 N–H and O–H groups in total. The molecule has 2 atom stereocenters. The highest BCUT2D eigenvalue weighted by molar-refractivity contribution is 6.03. The van der Waals surface area contributed by atoms with Gasteiger partial charge in [-0.25, -0.2) is 0 Å². The number of aryl methyl sites for hydroxylation is 2. The van der Waals surface area contributed by atoms with Crippen LogP contribution in [-0.4, -0.2) is 0 Å². The molecule has 0 radical (unpaired) electrons. The fourth-order valence-corrected chi connectivity index (χ4v) is 6.65. The maximum atomic E-state index is 2.61. The molecule has 2 aliphatic rings. The molecule has 2 unspecified atom stereocenters. The van der Waals surface area contributed by atoms with E-state index in [1.807, 2.05) is 0 Å². The van der Waals surface area contributed by atoms with E-state index in [9.17, 15) is 0 Å². The second-order valence-electron chi connectivity index (χ2n) is 10.9. The average molecular weight is 417 g/mol. The molecule has 1 aromatic carbocycles. The summed E-state index contributed by atoms with van der Waals surface area (Å²) in [6.45, 7) is 19.3. The molecule has 0 saturated heterocycles. The molecule has 4 rings (SSSR count). The minimum absolute atomic E-state index is 0.0203. The minimum Gasteiger partial charge on any atom is -0.193 e. The first-order valence-corrected chi connectivity index (χ1v) is 12.6. The zero-order valence-electron chi connectivity index (χ0n) is 21.2. The fraction of sp³-hybridized carbons (Fsp3) is 0.567. The predicted octanol–water partition coefficient (Wildman–Crippen LogP) is 7.77. The van der Waals surface area contributed by atoms with Gasteiger partial charge < -0.3 is 0 Å². The Labute approximate surface area is 190 Å². The number of benzene rings is 1. The minimum atomic E-state index is 0.0203. The van der Waals surface area contributed by atoms with E-state index in [0.29, 0.717) is 0 Å². The molecule has 1 aromatic heterocycles. The molecule has 0 bridgehead atoms. The Morgan fingerprint density at radius 2 is 1.61 bits per heavy atom. The van der Waals surface area contributed by atoms with Crippen molar-refractivity contribution in [1.82, 2.24) is 0 Å². The Hall–Kier alpha value is -1.89. The summed E-state index contributed by atoms with van der Waals surface area (Å²) in [6.07, 6.45) is 9.70. The van der Waals surface area contributed by atoms with Crippen LogP contribution in [0.15, 0.2) is 36.5 Å². The summed E-state index contributed by atoms with van der Waals surface area (Å²) in [5, 5.41) is 0. The summed E-state index contributed by atoms with van der Waals surface area (Å²) in [5.41, 5.74) is 10.9. The third kappa shape index (κ3) is 2.91. The number of unbranched alkanes of at least 4 members (excludes halogenated alkanes) is 2. The molecular formula is C30H42N+. The number of hydrogen-bond donors (Lipinski definition) is 0. The second-order valence-corrected chi connectivity index (χ2v) is 10.9. The molecule has 1 aliphatic carbocycles. The van der Waals surface area contributed by atoms with Gasteiger partial charge in [-0.3, -0.25) is 0 Å². The lowest BCUT2D eigenvalue weighted by Gasteiger charge is -2.47. The van der Waals surface area contributed by atoms with Gasteiger partial charge in [0.15, 0.2) is 11.7 Å². The molecule has 0 saturated carbocycles. The molecule has 0 amide bonds. The van der Waals surface area contributed by atoms with Crippen LogP contribution in [0.1, 0.15) is 109 Å². The summed E-state index contributed by atoms with van der Waals surface area (Å²) in [4.78, 5) is 0. The van der Waals surface area contributed by atoms with Gasteiger partial charge in [-0.1, -0.05) is 59.6 Å². The van der Waals surface area contributed by atoms with Crippen LogP contribution in [0, 0.1) is 12.3 Å². The summed E-state index contributed by atoms with van der Waals surface area (Å²) >= 11 is 0. The molecule has 1 aliphatic heterocycles. The lowest BCUT2D eigenvalue weighted by Crippen LogP contribution is -2.66. The van der Waals surface area contributed by atoms with Crippen molar-refractivity contribution < 1.29 is 4.57 Å². The molecule has 0 fully saturated rings. The number of hydrogen-bond acceptors (Lipinski definition) is 0. The van der Waals surface area contributed by atoms with Gasteiger partial charge in [0.1, 0.15) is 0 Å². The van der Waals surface area contributed by atoms with Gasteiger partial charge in [-0.05, 0) is 67.0 Å². The highest BCUT2D eigenvalue weighted by atomic mass is 15.1. The van der Waals surface area contributed by atoms with Gasteiger partial charge in [0.05, 0.1) is 5.41 Å². The van der Waals surface area contributed by atoms with Crippen molar-refractivity contribution >= 4 is 11.1 Å². The molecule has 0 spiro atoms. The van der Waals surface area contributed by atoms with E-state index in [2.05, 4.69) is 96.5 Å². The zero-order valence-corrected chi connectivity index (χ0v) is 21.2.